The van der Waals surface area contributed by atoms with Crippen LogP contribution in [0, 0.1) is 0 Å². The van der Waals surface area contributed by atoms with E-state index in [9.17, 15) is 4.79 Å². The fourth-order valence-electron chi connectivity index (χ4n) is 4.18. The molecule has 1 amide bonds. The Morgan fingerprint density at radius 1 is 0.955 bits per heavy atom. The molecule has 17 heteroatoms. The number of aryl methyl sites for hydroxylation is 1. The first-order chi connectivity index (χ1) is 20.9. The number of nitrogens with one attached hydrogen (secondary N) is 2. The van der Waals surface area contributed by atoms with Gasteiger partial charge in [0.15, 0.2) is 5.65 Å². The van der Waals surface area contributed by atoms with E-state index in [4.69, 9.17) is 49.3 Å². The highest BCUT2D eigenvalue weighted by atomic mass is 16.5. The quantitative estimate of drug-likeness (QED) is 0.160. The summed E-state index contributed by atoms with van der Waals surface area (Å²) < 4.78 is 9.52. The zero-order valence-corrected chi connectivity index (χ0v) is 24.2. The Hall–Kier alpha value is -5.03. The van der Waals surface area contributed by atoms with Crippen LogP contribution in [0.2, 0.25) is 0 Å². The van der Waals surface area contributed by atoms with Crippen LogP contribution in [-0.4, -0.2) is 99.2 Å². The van der Waals surface area contributed by atoms with E-state index in [1.54, 1.807) is 6.20 Å². The number of pyridine rings is 1. The molecule has 240 valence electrons. The third kappa shape index (κ3) is 11.3. The molecule has 1 fully saturated rings. The number of aromatic nitrogens is 4. The molecule has 2 N–H and O–H groups in total. The molecule has 0 spiro atoms. The number of rotatable bonds is 10. The average Bonchev–Trinajstić information content (AvgIpc) is 3.57. The molecule has 4 rings (SSSR count). The molecule has 0 radical (unpaired) electrons. The van der Waals surface area contributed by atoms with E-state index in [2.05, 4.69) is 25.1 Å². The van der Waals surface area contributed by atoms with Crippen LogP contribution in [0.3, 0.4) is 0 Å². The Morgan fingerprint density at radius 2 is 1.59 bits per heavy atom. The first-order valence-electron chi connectivity index (χ1n) is 13.6. The number of hydrogen-bond acceptors (Lipinski definition) is 14. The minimum Gasteiger partial charge on any atom is -0.543 e. The molecule has 0 unspecified atom stereocenters. The predicted octanol–water partition coefficient (Wildman–Crippen LogP) is -4.92. The fourth-order valence-corrected chi connectivity index (χ4v) is 4.18. The maximum absolute atomic E-state index is 12.2. The van der Waals surface area contributed by atoms with Gasteiger partial charge in [0.05, 0.1) is 37.0 Å². The monoisotopic (exact) mass is 615 g/mol. The second kappa shape index (κ2) is 17.8. The molecule has 0 aliphatic carbocycles. The molecule has 1 saturated heterocycles. The molecule has 0 bridgehead atoms. The van der Waals surface area contributed by atoms with Crippen molar-refractivity contribution in [3.05, 3.63) is 42.4 Å². The molecule has 44 heavy (non-hydrogen) atoms. The number of likely N-dealkylation sites (tertiary alicyclic amines) is 1. The van der Waals surface area contributed by atoms with Crippen molar-refractivity contribution < 1.29 is 49.1 Å². The zero-order chi connectivity index (χ0) is 32.6. The van der Waals surface area contributed by atoms with Crippen molar-refractivity contribution in [3.63, 3.8) is 0 Å². The number of imidazole rings is 1. The van der Waals surface area contributed by atoms with Crippen molar-refractivity contribution in [3.8, 4) is 0 Å². The number of carboxylic acid groups (broad SMARTS) is 4. The van der Waals surface area contributed by atoms with Gasteiger partial charge in [0, 0.05) is 58.3 Å². The summed E-state index contributed by atoms with van der Waals surface area (Å²) >= 11 is 0. The van der Waals surface area contributed by atoms with Crippen molar-refractivity contribution in [2.24, 2.45) is 7.05 Å². The third-order valence-corrected chi connectivity index (χ3v) is 6.31. The molecule has 1 aliphatic rings. The number of ether oxygens (including phenoxy) is 1. The van der Waals surface area contributed by atoms with Gasteiger partial charge in [-0.3, -0.25) is 9.36 Å². The Balaban J connectivity index is 0.000000477. The van der Waals surface area contributed by atoms with Crippen molar-refractivity contribution in [2.75, 3.05) is 44.7 Å². The fraction of sp³-hybridized carbons (Fsp3) is 0.444. The zero-order valence-electron chi connectivity index (χ0n) is 24.2. The van der Waals surface area contributed by atoms with E-state index in [0.717, 1.165) is 56.1 Å². The van der Waals surface area contributed by atoms with Gasteiger partial charge in [-0.15, -0.1) is 0 Å². The Bertz CT molecular complexity index is 1360. The van der Waals surface area contributed by atoms with E-state index < -0.39 is 23.9 Å². The Kier molecular flexibility index (Phi) is 14.2. The lowest BCUT2D eigenvalue weighted by atomic mass is 10.1. The molecule has 1 aliphatic heterocycles. The summed E-state index contributed by atoms with van der Waals surface area (Å²) in [5, 5.41) is 42.4. The highest BCUT2D eigenvalue weighted by molar-refractivity contribution is 6.25. The molecule has 17 nitrogen and oxygen atoms in total. The number of anilines is 1. The van der Waals surface area contributed by atoms with Gasteiger partial charge in [-0.1, -0.05) is 0 Å². The second-order valence-corrected chi connectivity index (χ2v) is 9.30. The van der Waals surface area contributed by atoms with Crippen LogP contribution >= 0.6 is 0 Å². The molecule has 4 heterocycles. The summed E-state index contributed by atoms with van der Waals surface area (Å²) in [4.78, 5) is 59.6. The SMILES string of the molecule is CCOCCn1c(NC2CCN(CCNC(=O)c3cccn3C)CC2)nc2cccnc21.O=C([O-])C(=O)[O-].O=C([O-])C(=O)[O-]. The molecular weight excluding hydrogens is 582 g/mol. The number of carbonyl (C=O) groups is 5. The van der Waals surface area contributed by atoms with Crippen LogP contribution in [-0.2, 0) is 37.5 Å². The van der Waals surface area contributed by atoms with Gasteiger partial charge in [-0.05, 0) is 44.0 Å². The summed E-state index contributed by atoms with van der Waals surface area (Å²) in [7, 11) is 1.88. The molecule has 0 atom stereocenters. The highest BCUT2D eigenvalue weighted by Crippen LogP contribution is 2.21. The standard InChI is InChI=1S/C23H33N7O2.2C2H2O4/c1-3-32-17-16-30-21-19(6-4-10-24-21)27-23(30)26-18-8-13-29(14-9-18)15-11-25-22(31)20-7-5-12-28(20)2;2*3-1(4)2(5)6/h4-7,10,12,18H,3,8-9,11,13-17H2,1-2H3,(H,25,31)(H,26,27);2*(H,3,4)(H,5,6)/p-4. The molecule has 0 aromatic carbocycles. The molecule has 3 aromatic rings. The van der Waals surface area contributed by atoms with Gasteiger partial charge in [-0.2, -0.15) is 0 Å². The van der Waals surface area contributed by atoms with Crippen LogP contribution in [0.15, 0.2) is 36.7 Å². The lowest BCUT2D eigenvalue weighted by molar-refractivity contribution is -0.345. The molecule has 3 aromatic heterocycles. The van der Waals surface area contributed by atoms with E-state index in [1.807, 2.05) is 49.0 Å². The molecular formula is C27H33N7O10-4. The number of carbonyl (C=O) groups excluding carboxylic acids is 5. The first-order valence-corrected chi connectivity index (χ1v) is 13.6. The summed E-state index contributed by atoms with van der Waals surface area (Å²) in [6.45, 7) is 7.58. The maximum Gasteiger partial charge on any atom is 0.267 e. The minimum absolute atomic E-state index is 0.0198. The largest absolute Gasteiger partial charge is 0.543 e. The number of carboxylic acids is 4. The number of nitrogens with zero attached hydrogens (tertiary/aromatic N) is 5. The first kappa shape index (κ1) is 35.2. The Labute approximate surface area is 252 Å². The van der Waals surface area contributed by atoms with Crippen LogP contribution in [0.25, 0.3) is 11.2 Å². The number of amides is 1. The lowest BCUT2D eigenvalue weighted by Crippen LogP contribution is -2.43. The van der Waals surface area contributed by atoms with Gasteiger partial charge >= 0.3 is 0 Å². The number of hydrogen-bond donors (Lipinski definition) is 2. The van der Waals surface area contributed by atoms with Crippen LogP contribution in [0.5, 0.6) is 0 Å². The van der Waals surface area contributed by atoms with Crippen LogP contribution in [0.4, 0.5) is 5.95 Å². The average molecular weight is 616 g/mol. The van der Waals surface area contributed by atoms with Crippen LogP contribution < -0.4 is 31.1 Å². The van der Waals surface area contributed by atoms with Gasteiger partial charge < -0.3 is 64.4 Å². The molecule has 0 saturated carbocycles. The third-order valence-electron chi connectivity index (χ3n) is 6.31. The van der Waals surface area contributed by atoms with Crippen molar-refractivity contribution >= 4 is 46.9 Å². The topological polar surface area (TPSA) is 250 Å². The summed E-state index contributed by atoms with van der Waals surface area (Å²) in [6, 6.07) is 8.00. The number of fused-ring (bicyclic) bond motifs is 1. The van der Waals surface area contributed by atoms with Crippen LogP contribution in [0.1, 0.15) is 30.3 Å². The smallest absolute Gasteiger partial charge is 0.267 e. The van der Waals surface area contributed by atoms with E-state index in [-0.39, 0.29) is 5.91 Å². The number of piperidine rings is 1. The van der Waals surface area contributed by atoms with E-state index >= 15 is 0 Å². The van der Waals surface area contributed by atoms with Crippen molar-refractivity contribution in [1.29, 1.82) is 0 Å². The van der Waals surface area contributed by atoms with Gasteiger partial charge in [0.25, 0.3) is 5.91 Å². The second-order valence-electron chi connectivity index (χ2n) is 9.30. The highest BCUT2D eigenvalue weighted by Gasteiger charge is 2.22. The van der Waals surface area contributed by atoms with Crippen molar-refractivity contribution in [1.82, 2.24) is 29.3 Å². The van der Waals surface area contributed by atoms with E-state index in [1.165, 1.54) is 0 Å². The number of aliphatic carboxylic acids is 4. The minimum atomic E-state index is -2.19. The lowest BCUT2D eigenvalue weighted by Gasteiger charge is -2.32. The maximum atomic E-state index is 12.2. The normalized spacial score (nSPS) is 13.1. The van der Waals surface area contributed by atoms with Gasteiger partial charge in [-0.25, -0.2) is 9.97 Å². The summed E-state index contributed by atoms with van der Waals surface area (Å²) in [6.07, 6.45) is 5.76. The van der Waals surface area contributed by atoms with Gasteiger partial charge in [0.1, 0.15) is 11.2 Å². The summed E-state index contributed by atoms with van der Waals surface area (Å²) in [5.41, 5.74) is 2.48. The summed E-state index contributed by atoms with van der Waals surface area (Å²) in [5.74, 6) is -7.89. The van der Waals surface area contributed by atoms with Gasteiger partial charge in [0.2, 0.25) is 5.95 Å². The van der Waals surface area contributed by atoms with Crippen molar-refractivity contribution in [2.45, 2.75) is 32.4 Å². The van der Waals surface area contributed by atoms with E-state index in [0.29, 0.717) is 31.5 Å². The Morgan fingerprint density at radius 3 is 2.14 bits per heavy atom. The predicted molar refractivity (Wildman–Crippen MR) is 145 cm³/mol.